The summed E-state index contributed by atoms with van der Waals surface area (Å²) in [5.41, 5.74) is 5.71. The van der Waals surface area contributed by atoms with Gasteiger partial charge < -0.3 is 24.8 Å². The zero-order valence-electron chi connectivity index (χ0n) is 25.5. The van der Waals surface area contributed by atoms with Gasteiger partial charge in [0, 0.05) is 43.7 Å². The van der Waals surface area contributed by atoms with Crippen molar-refractivity contribution in [2.45, 2.75) is 43.8 Å². The number of benzene rings is 2. The number of hydrogen-bond donors (Lipinski definition) is 1. The second-order valence-corrected chi connectivity index (χ2v) is 14.3. The van der Waals surface area contributed by atoms with E-state index in [1.807, 2.05) is 6.07 Å². The molecule has 4 aromatic rings. The molecule has 9 nitrogen and oxygen atoms in total. The Balaban J connectivity index is 1.31. The summed E-state index contributed by atoms with van der Waals surface area (Å²) in [4.78, 5) is 13.6. The van der Waals surface area contributed by atoms with Crippen LogP contribution in [0, 0.1) is 28.9 Å². The number of aromatic nitrogens is 2. The first-order valence-electron chi connectivity index (χ1n) is 15.9. The number of nitrogen functional groups attached to an aromatic ring is 1. The van der Waals surface area contributed by atoms with Crippen LogP contribution in [-0.2, 0) is 4.74 Å². The maximum Gasteiger partial charge on any atom is 0.319 e. The summed E-state index contributed by atoms with van der Waals surface area (Å²) in [5, 5.41) is 10.5. The van der Waals surface area contributed by atoms with Crippen LogP contribution in [0.3, 0.4) is 0 Å². The zero-order chi connectivity index (χ0) is 32.4. The van der Waals surface area contributed by atoms with Gasteiger partial charge in [0.15, 0.2) is 11.6 Å². The Morgan fingerprint density at radius 2 is 2.00 bits per heavy atom. The molecule has 4 aliphatic heterocycles. The van der Waals surface area contributed by atoms with Crippen molar-refractivity contribution >= 4 is 54.7 Å². The lowest BCUT2D eigenvalue weighted by Crippen LogP contribution is -2.43. The number of rotatable bonds is 6. The summed E-state index contributed by atoms with van der Waals surface area (Å²) < 4.78 is 64.8. The van der Waals surface area contributed by atoms with Crippen LogP contribution in [0.25, 0.3) is 32.1 Å². The van der Waals surface area contributed by atoms with Gasteiger partial charge in [-0.05, 0) is 49.8 Å². The number of nitriles is 1. The quantitative estimate of drug-likeness (QED) is 0.244. The predicted octanol–water partition coefficient (Wildman–Crippen LogP) is 6.48. The van der Waals surface area contributed by atoms with Gasteiger partial charge in [-0.2, -0.15) is 15.2 Å². The number of anilines is 2. The number of ether oxygens (including phenoxy) is 3. The zero-order valence-corrected chi connectivity index (χ0v) is 27.0. The lowest BCUT2D eigenvalue weighted by Gasteiger charge is -2.31. The number of fused-ring (bicyclic) bond motifs is 2. The highest BCUT2D eigenvalue weighted by Gasteiger charge is 2.49. The van der Waals surface area contributed by atoms with E-state index in [0.717, 1.165) is 43.6 Å². The van der Waals surface area contributed by atoms with Gasteiger partial charge in [0.2, 0.25) is 0 Å². The Hall–Kier alpha value is -3.57. The van der Waals surface area contributed by atoms with Gasteiger partial charge in [0.05, 0.1) is 32.8 Å². The van der Waals surface area contributed by atoms with Crippen LogP contribution in [0.2, 0.25) is 5.02 Å². The van der Waals surface area contributed by atoms with E-state index in [1.54, 1.807) is 0 Å². The lowest BCUT2D eigenvalue weighted by atomic mass is 9.95. The van der Waals surface area contributed by atoms with Gasteiger partial charge >= 0.3 is 6.01 Å². The molecule has 0 bridgehead atoms. The third kappa shape index (κ3) is 5.03. The molecular formula is C33H32ClF3N6O3S. The minimum absolute atomic E-state index is 0.0326. The molecule has 0 aliphatic carbocycles. The number of halogens is 4. The Kier molecular flexibility index (Phi) is 7.74. The van der Waals surface area contributed by atoms with Gasteiger partial charge in [0.1, 0.15) is 47.6 Å². The molecule has 8 rings (SSSR count). The van der Waals surface area contributed by atoms with Gasteiger partial charge in [-0.3, -0.25) is 4.90 Å². The Labute approximate surface area is 278 Å². The minimum Gasteiger partial charge on any atom is -0.489 e. The van der Waals surface area contributed by atoms with E-state index in [4.69, 9.17) is 36.5 Å². The second-order valence-electron chi connectivity index (χ2n) is 12.9. The summed E-state index contributed by atoms with van der Waals surface area (Å²) >= 11 is 7.93. The van der Waals surface area contributed by atoms with E-state index < -0.39 is 23.3 Å². The largest absolute Gasteiger partial charge is 0.489 e. The summed E-state index contributed by atoms with van der Waals surface area (Å²) in [6.45, 7) is 4.00. The summed E-state index contributed by atoms with van der Waals surface area (Å²) in [7, 11) is 0. The maximum atomic E-state index is 17.1. The molecule has 47 heavy (non-hydrogen) atoms. The van der Waals surface area contributed by atoms with E-state index in [0.29, 0.717) is 56.4 Å². The van der Waals surface area contributed by atoms with Gasteiger partial charge in [0.25, 0.3) is 0 Å². The predicted molar refractivity (Wildman–Crippen MR) is 174 cm³/mol. The van der Waals surface area contributed by atoms with Crippen LogP contribution in [0.4, 0.5) is 24.0 Å². The minimum atomic E-state index is -0.935. The van der Waals surface area contributed by atoms with Gasteiger partial charge in [-0.25, -0.2) is 13.2 Å². The Bertz CT molecular complexity index is 1950. The first kappa shape index (κ1) is 30.7. The average Bonchev–Trinajstić information content (AvgIpc) is 3.67. The van der Waals surface area contributed by atoms with E-state index >= 15 is 4.39 Å². The average molecular weight is 685 g/mol. The molecule has 6 heterocycles. The molecule has 2 aromatic heterocycles. The number of alkyl halides is 1. The van der Waals surface area contributed by atoms with Crippen molar-refractivity contribution in [1.29, 1.82) is 5.26 Å². The van der Waals surface area contributed by atoms with E-state index in [-0.39, 0.29) is 67.3 Å². The van der Waals surface area contributed by atoms with Crippen LogP contribution in [0.1, 0.15) is 37.7 Å². The first-order valence-corrected chi connectivity index (χ1v) is 17.1. The number of nitrogens with two attached hydrogens (primary N) is 1. The highest BCUT2D eigenvalue weighted by atomic mass is 35.5. The monoisotopic (exact) mass is 684 g/mol. The van der Waals surface area contributed by atoms with Crippen LogP contribution in [0.5, 0.6) is 11.8 Å². The van der Waals surface area contributed by atoms with E-state index in [2.05, 4.69) is 14.8 Å². The van der Waals surface area contributed by atoms with Crippen molar-refractivity contribution in [2.75, 3.05) is 63.2 Å². The summed E-state index contributed by atoms with van der Waals surface area (Å²) in [6, 6.07) is 4.60. The third-order valence-electron chi connectivity index (χ3n) is 10.1. The maximum absolute atomic E-state index is 17.1. The first-order chi connectivity index (χ1) is 22.8. The number of thiophene rings is 1. The third-order valence-corrected chi connectivity index (χ3v) is 11.5. The molecule has 0 unspecified atom stereocenters. The topological polar surface area (TPSA) is 110 Å². The van der Waals surface area contributed by atoms with Crippen LogP contribution in [0.15, 0.2) is 12.1 Å². The molecular weight excluding hydrogens is 653 g/mol. The lowest BCUT2D eigenvalue weighted by molar-refractivity contribution is 0.0680. The molecule has 246 valence electrons. The van der Waals surface area contributed by atoms with Crippen molar-refractivity contribution in [3.8, 4) is 29.0 Å². The smallest absolute Gasteiger partial charge is 0.319 e. The molecule has 2 N–H and O–H groups in total. The van der Waals surface area contributed by atoms with E-state index in [9.17, 15) is 14.0 Å². The Morgan fingerprint density at radius 1 is 1.17 bits per heavy atom. The van der Waals surface area contributed by atoms with Crippen LogP contribution < -0.4 is 20.1 Å². The van der Waals surface area contributed by atoms with Gasteiger partial charge in [-0.1, -0.05) is 17.7 Å². The number of nitrogens with zero attached hydrogens (tertiary/aromatic N) is 5. The fourth-order valence-electron chi connectivity index (χ4n) is 7.84. The SMILES string of the molecule is N#Cc1c(N)sc2c(F)ccc(-c3c(Cl)c4c5c(nc(OC[C@@]67CCCN6C[C@H](F)C7)nc5c3F)N(CC3CCOCC3)CCO4)c12. The summed E-state index contributed by atoms with van der Waals surface area (Å²) in [5.74, 6) is -0.407. The highest BCUT2D eigenvalue weighted by molar-refractivity contribution is 7.23. The van der Waals surface area contributed by atoms with Crippen molar-refractivity contribution in [2.24, 2.45) is 5.92 Å². The van der Waals surface area contributed by atoms with Crippen LogP contribution >= 0.6 is 22.9 Å². The molecule has 3 fully saturated rings. The second kappa shape index (κ2) is 11.8. The normalized spacial score (nSPS) is 23.2. The molecule has 0 amide bonds. The molecule has 0 radical (unpaired) electrons. The molecule has 4 aliphatic rings. The molecule has 0 spiro atoms. The van der Waals surface area contributed by atoms with Crippen molar-refractivity contribution in [1.82, 2.24) is 14.9 Å². The Morgan fingerprint density at radius 3 is 2.81 bits per heavy atom. The fraction of sp³-hybridized carbons (Fsp3) is 0.485. The van der Waals surface area contributed by atoms with Crippen molar-refractivity contribution in [3.63, 3.8) is 0 Å². The molecule has 3 saturated heterocycles. The summed E-state index contributed by atoms with van der Waals surface area (Å²) in [6.07, 6.45) is 2.92. The van der Waals surface area contributed by atoms with Crippen molar-refractivity contribution < 1.29 is 27.4 Å². The molecule has 0 saturated carbocycles. The standard InChI is InChI=1S/C33H32ClF3N6O3S/c34-25-23(19-2-3-21(36)29-22(19)20(13-38)30(39)47-29)26(37)27-24-28(25)45-11-8-42(14-17-4-9-44-10-5-17)31(24)41-32(40-27)46-16-33-6-1-7-43(33)15-18(35)12-33/h2-3,17-18H,1,4-12,14-16,39H2/t18-,33+/m1/s1. The number of hydrogen-bond acceptors (Lipinski definition) is 10. The van der Waals surface area contributed by atoms with E-state index in [1.165, 1.54) is 12.1 Å². The van der Waals surface area contributed by atoms with Gasteiger partial charge in [-0.15, -0.1) is 11.3 Å². The fourth-order valence-corrected chi connectivity index (χ4v) is 9.12. The molecule has 2 aromatic carbocycles. The van der Waals surface area contributed by atoms with Crippen molar-refractivity contribution in [3.05, 3.63) is 34.4 Å². The van der Waals surface area contributed by atoms with Crippen LogP contribution in [-0.4, -0.2) is 79.2 Å². The molecule has 2 atom stereocenters. The highest BCUT2D eigenvalue weighted by Crippen LogP contribution is 2.51. The molecule has 14 heteroatoms.